The van der Waals surface area contributed by atoms with Gasteiger partial charge in [-0.25, -0.2) is 0 Å². The normalized spacial score (nSPS) is 10.9. The summed E-state index contributed by atoms with van der Waals surface area (Å²) in [7, 11) is 1.57. The summed E-state index contributed by atoms with van der Waals surface area (Å²) in [5.41, 5.74) is -0.366. The first kappa shape index (κ1) is 17.0. The standard InChI is InChI=1S/C14H12N4O6/c1-24-8-9-2-4-10(5-3-9)15-16-11-6-12(17(20)21)14(19)13(7-11)18(22)23/h2-7,19H,8H2,1H3. The van der Waals surface area contributed by atoms with Crippen molar-refractivity contribution in [3.05, 3.63) is 62.2 Å². The third kappa shape index (κ3) is 3.87. The fraction of sp³-hybridized carbons (Fsp3) is 0.143. The number of methoxy groups -OCH3 is 1. The molecule has 0 aromatic heterocycles. The molecule has 10 heteroatoms. The highest BCUT2D eigenvalue weighted by Gasteiger charge is 2.26. The van der Waals surface area contributed by atoms with E-state index in [2.05, 4.69) is 10.2 Å². The fourth-order valence-electron chi connectivity index (χ4n) is 1.87. The molecule has 0 bridgehead atoms. The summed E-state index contributed by atoms with van der Waals surface area (Å²) in [6.45, 7) is 0.438. The molecule has 0 aliphatic carbocycles. The Morgan fingerprint density at radius 3 is 1.96 bits per heavy atom. The molecule has 0 fully saturated rings. The van der Waals surface area contributed by atoms with E-state index in [4.69, 9.17) is 4.74 Å². The van der Waals surface area contributed by atoms with Crippen LogP contribution >= 0.6 is 0 Å². The number of nitro groups is 2. The van der Waals surface area contributed by atoms with Gasteiger partial charge in [-0.3, -0.25) is 20.2 Å². The first-order chi connectivity index (χ1) is 11.4. The number of nitrogens with zero attached hydrogens (tertiary/aromatic N) is 4. The van der Waals surface area contributed by atoms with Crippen molar-refractivity contribution in [3.8, 4) is 5.75 Å². The second-order valence-corrected chi connectivity index (χ2v) is 4.65. The molecule has 0 saturated carbocycles. The number of azo groups is 1. The van der Waals surface area contributed by atoms with Gasteiger partial charge < -0.3 is 9.84 Å². The van der Waals surface area contributed by atoms with Crippen LogP contribution in [0.3, 0.4) is 0 Å². The Balaban J connectivity index is 2.34. The Hall–Kier alpha value is -3.40. The largest absolute Gasteiger partial charge is 0.497 e. The van der Waals surface area contributed by atoms with Gasteiger partial charge in [0.05, 0.1) is 27.8 Å². The summed E-state index contributed by atoms with van der Waals surface area (Å²) < 4.78 is 4.97. The summed E-state index contributed by atoms with van der Waals surface area (Å²) in [5.74, 6) is -1.02. The Kier molecular flexibility index (Phi) is 5.12. The number of aromatic hydroxyl groups is 1. The number of hydrogen-bond acceptors (Lipinski definition) is 8. The van der Waals surface area contributed by atoms with Gasteiger partial charge in [0.2, 0.25) is 0 Å². The van der Waals surface area contributed by atoms with Crippen molar-refractivity contribution in [2.45, 2.75) is 6.61 Å². The van der Waals surface area contributed by atoms with Crippen LogP contribution in [0.1, 0.15) is 5.56 Å². The average molecular weight is 332 g/mol. The van der Waals surface area contributed by atoms with E-state index in [0.717, 1.165) is 17.7 Å². The monoisotopic (exact) mass is 332 g/mol. The summed E-state index contributed by atoms with van der Waals surface area (Å²) in [5, 5.41) is 38.9. The van der Waals surface area contributed by atoms with Gasteiger partial charge in [-0.2, -0.15) is 10.2 Å². The summed E-state index contributed by atoms with van der Waals surface area (Å²) in [4.78, 5) is 19.9. The molecule has 24 heavy (non-hydrogen) atoms. The van der Waals surface area contributed by atoms with Crippen LogP contribution in [0.15, 0.2) is 46.6 Å². The predicted octanol–water partition coefficient (Wildman–Crippen LogP) is 3.77. The molecule has 0 saturated heterocycles. The van der Waals surface area contributed by atoms with Gasteiger partial charge in [-0.05, 0) is 17.7 Å². The molecule has 0 unspecified atom stereocenters. The van der Waals surface area contributed by atoms with E-state index < -0.39 is 27.0 Å². The zero-order valence-electron chi connectivity index (χ0n) is 12.4. The van der Waals surface area contributed by atoms with Gasteiger partial charge in [0.1, 0.15) is 0 Å². The van der Waals surface area contributed by atoms with Crippen LogP contribution in [0.5, 0.6) is 5.75 Å². The zero-order chi connectivity index (χ0) is 17.7. The molecule has 10 nitrogen and oxygen atoms in total. The molecule has 1 N–H and O–H groups in total. The summed E-state index contributed by atoms with van der Waals surface area (Å²) in [6.07, 6.45) is 0. The van der Waals surface area contributed by atoms with E-state index >= 15 is 0 Å². The highest BCUT2D eigenvalue weighted by Crippen LogP contribution is 2.39. The molecule has 2 aromatic carbocycles. The predicted molar refractivity (Wildman–Crippen MR) is 82.7 cm³/mol. The van der Waals surface area contributed by atoms with Crippen LogP contribution in [0.2, 0.25) is 0 Å². The maximum absolute atomic E-state index is 10.9. The Bertz CT molecular complexity index is 768. The maximum Gasteiger partial charge on any atom is 0.320 e. The quantitative estimate of drug-likeness (QED) is 0.485. The van der Waals surface area contributed by atoms with E-state index in [1.807, 2.05) is 0 Å². The third-order valence-corrected chi connectivity index (χ3v) is 2.98. The molecule has 0 aliphatic heterocycles. The van der Waals surface area contributed by atoms with Crippen LogP contribution in [0.25, 0.3) is 0 Å². The molecule has 2 rings (SSSR count). The second-order valence-electron chi connectivity index (χ2n) is 4.65. The number of nitro benzene ring substituents is 2. The van der Waals surface area contributed by atoms with Gasteiger partial charge in [0.15, 0.2) is 0 Å². The molecule has 0 radical (unpaired) electrons. The number of rotatable bonds is 6. The van der Waals surface area contributed by atoms with Gasteiger partial charge in [-0.1, -0.05) is 12.1 Å². The molecule has 2 aromatic rings. The number of ether oxygens (including phenoxy) is 1. The van der Waals surface area contributed by atoms with Crippen molar-refractivity contribution in [1.29, 1.82) is 0 Å². The molecule has 0 heterocycles. The SMILES string of the molecule is COCc1ccc(N=Nc2cc([N+](=O)[O-])c(O)c([N+](=O)[O-])c2)cc1. The average Bonchev–Trinajstić information content (AvgIpc) is 2.55. The number of benzene rings is 2. The number of phenolic OH excluding ortho intramolecular Hbond substituents is 1. The highest BCUT2D eigenvalue weighted by atomic mass is 16.6. The van der Waals surface area contributed by atoms with Crippen molar-refractivity contribution < 1.29 is 19.7 Å². The maximum atomic E-state index is 10.9. The van der Waals surface area contributed by atoms with E-state index in [-0.39, 0.29) is 5.69 Å². The lowest BCUT2D eigenvalue weighted by Gasteiger charge is -2.00. The molecular weight excluding hydrogens is 320 g/mol. The van der Waals surface area contributed by atoms with Crippen LogP contribution in [0, 0.1) is 20.2 Å². The van der Waals surface area contributed by atoms with Crippen molar-refractivity contribution in [3.63, 3.8) is 0 Å². The first-order valence-corrected chi connectivity index (χ1v) is 6.57. The topological polar surface area (TPSA) is 140 Å². The summed E-state index contributed by atoms with van der Waals surface area (Å²) >= 11 is 0. The van der Waals surface area contributed by atoms with Crippen molar-refractivity contribution in [2.24, 2.45) is 10.2 Å². The lowest BCUT2D eigenvalue weighted by molar-refractivity contribution is -0.396. The molecule has 124 valence electrons. The molecule has 0 aliphatic rings. The smallest absolute Gasteiger partial charge is 0.320 e. The minimum absolute atomic E-state index is 0.118. The van der Waals surface area contributed by atoms with Crippen LogP contribution in [-0.2, 0) is 11.3 Å². The Morgan fingerprint density at radius 2 is 1.50 bits per heavy atom. The number of hydrogen-bond donors (Lipinski definition) is 1. The highest BCUT2D eigenvalue weighted by molar-refractivity contribution is 5.66. The van der Waals surface area contributed by atoms with Gasteiger partial charge in [-0.15, -0.1) is 0 Å². The van der Waals surface area contributed by atoms with E-state index in [0.29, 0.717) is 12.3 Å². The Morgan fingerprint density at radius 1 is 1.00 bits per heavy atom. The molecular formula is C14H12N4O6. The van der Waals surface area contributed by atoms with Crippen molar-refractivity contribution in [1.82, 2.24) is 0 Å². The first-order valence-electron chi connectivity index (χ1n) is 6.57. The van der Waals surface area contributed by atoms with Gasteiger partial charge >= 0.3 is 11.4 Å². The van der Waals surface area contributed by atoms with E-state index in [9.17, 15) is 25.3 Å². The minimum Gasteiger partial charge on any atom is -0.497 e. The third-order valence-electron chi connectivity index (χ3n) is 2.98. The van der Waals surface area contributed by atoms with Gasteiger partial charge in [0, 0.05) is 19.2 Å². The van der Waals surface area contributed by atoms with E-state index in [1.165, 1.54) is 0 Å². The lowest BCUT2D eigenvalue weighted by atomic mass is 10.2. The molecule has 0 amide bonds. The second kappa shape index (κ2) is 7.24. The van der Waals surface area contributed by atoms with Crippen molar-refractivity contribution in [2.75, 3.05) is 7.11 Å². The molecule has 0 spiro atoms. The lowest BCUT2D eigenvalue weighted by Crippen LogP contribution is -1.93. The summed E-state index contributed by atoms with van der Waals surface area (Å²) in [6, 6.07) is 8.65. The van der Waals surface area contributed by atoms with Crippen LogP contribution in [0.4, 0.5) is 22.7 Å². The van der Waals surface area contributed by atoms with E-state index in [1.54, 1.807) is 31.4 Å². The van der Waals surface area contributed by atoms with Crippen LogP contribution in [-0.4, -0.2) is 22.1 Å². The Labute approximate surface area is 135 Å². The zero-order valence-corrected chi connectivity index (χ0v) is 12.4. The number of phenols is 1. The molecule has 0 atom stereocenters. The minimum atomic E-state index is -1.02. The fourth-order valence-corrected chi connectivity index (χ4v) is 1.87. The van der Waals surface area contributed by atoms with Crippen LogP contribution < -0.4 is 0 Å². The van der Waals surface area contributed by atoms with Gasteiger partial charge in [0.25, 0.3) is 5.75 Å². The van der Waals surface area contributed by atoms with Crippen molar-refractivity contribution >= 4 is 22.7 Å².